The van der Waals surface area contributed by atoms with Gasteiger partial charge in [-0.2, -0.15) is 0 Å². The fourth-order valence-electron chi connectivity index (χ4n) is 1.70. The molecule has 0 unspecified atom stereocenters. The van der Waals surface area contributed by atoms with E-state index in [2.05, 4.69) is 0 Å². The van der Waals surface area contributed by atoms with Crippen molar-refractivity contribution in [2.24, 2.45) is 5.84 Å². The Labute approximate surface area is 132 Å². The highest BCUT2D eigenvalue weighted by molar-refractivity contribution is 6.32. The van der Waals surface area contributed by atoms with Crippen LogP contribution in [-0.2, 0) is 11.4 Å². The summed E-state index contributed by atoms with van der Waals surface area (Å²) in [5, 5.41) is 0.414. The van der Waals surface area contributed by atoms with Gasteiger partial charge >= 0.3 is 0 Å². The zero-order valence-corrected chi connectivity index (χ0v) is 12.3. The van der Waals surface area contributed by atoms with Crippen molar-refractivity contribution in [3.63, 3.8) is 0 Å². The SMILES string of the molecule is NNC(=O)/C=C/c1ccc(OCc2ccc(F)cc2)c(Cl)c1. The normalized spacial score (nSPS) is 10.7. The van der Waals surface area contributed by atoms with Crippen molar-refractivity contribution in [1.82, 2.24) is 5.43 Å². The van der Waals surface area contributed by atoms with E-state index < -0.39 is 5.91 Å². The molecule has 6 heteroatoms. The number of benzene rings is 2. The Kier molecular flexibility index (Phi) is 5.52. The average molecular weight is 321 g/mol. The topological polar surface area (TPSA) is 64.3 Å². The van der Waals surface area contributed by atoms with E-state index in [1.54, 1.807) is 36.4 Å². The Morgan fingerprint density at radius 1 is 1.27 bits per heavy atom. The standard InChI is InChI=1S/C16H14ClFN2O2/c17-14-9-11(4-8-16(21)20-19)3-7-15(14)22-10-12-1-5-13(18)6-2-12/h1-9H,10,19H2,(H,20,21)/b8-4+. The van der Waals surface area contributed by atoms with Crippen LogP contribution in [0.5, 0.6) is 5.75 Å². The second-order valence-electron chi connectivity index (χ2n) is 4.45. The molecule has 0 atom stereocenters. The van der Waals surface area contributed by atoms with Gasteiger partial charge in [0.15, 0.2) is 0 Å². The van der Waals surface area contributed by atoms with Gasteiger partial charge in [0, 0.05) is 6.08 Å². The Bertz CT molecular complexity index is 687. The monoisotopic (exact) mass is 320 g/mol. The van der Waals surface area contributed by atoms with Crippen molar-refractivity contribution < 1.29 is 13.9 Å². The van der Waals surface area contributed by atoms with E-state index in [1.165, 1.54) is 18.2 Å². The first-order valence-electron chi connectivity index (χ1n) is 6.44. The summed E-state index contributed by atoms with van der Waals surface area (Å²) in [5.74, 6) is 4.78. The van der Waals surface area contributed by atoms with Gasteiger partial charge in [0.1, 0.15) is 18.2 Å². The summed E-state index contributed by atoms with van der Waals surface area (Å²) in [4.78, 5) is 11.0. The van der Waals surface area contributed by atoms with Gasteiger partial charge in [0.05, 0.1) is 5.02 Å². The van der Waals surface area contributed by atoms with Crippen molar-refractivity contribution in [1.29, 1.82) is 0 Å². The maximum Gasteiger partial charge on any atom is 0.257 e. The van der Waals surface area contributed by atoms with E-state index in [4.69, 9.17) is 22.2 Å². The second kappa shape index (κ2) is 7.59. The van der Waals surface area contributed by atoms with Crippen molar-refractivity contribution in [3.05, 3.63) is 70.5 Å². The van der Waals surface area contributed by atoms with Crippen LogP contribution in [0.25, 0.3) is 6.08 Å². The highest BCUT2D eigenvalue weighted by Crippen LogP contribution is 2.26. The van der Waals surface area contributed by atoms with Crippen molar-refractivity contribution in [3.8, 4) is 5.75 Å². The Balaban J connectivity index is 2.02. The lowest BCUT2D eigenvalue weighted by molar-refractivity contribution is -0.116. The summed E-state index contributed by atoms with van der Waals surface area (Å²) in [7, 11) is 0. The fourth-order valence-corrected chi connectivity index (χ4v) is 1.94. The smallest absolute Gasteiger partial charge is 0.257 e. The molecule has 0 spiro atoms. The number of hydrogen-bond acceptors (Lipinski definition) is 3. The van der Waals surface area contributed by atoms with Gasteiger partial charge in [-0.25, -0.2) is 10.2 Å². The molecule has 4 nitrogen and oxygen atoms in total. The van der Waals surface area contributed by atoms with Crippen LogP contribution in [0, 0.1) is 5.82 Å². The molecule has 0 aliphatic carbocycles. The number of nitrogens with two attached hydrogens (primary N) is 1. The van der Waals surface area contributed by atoms with Crippen LogP contribution in [-0.4, -0.2) is 5.91 Å². The summed E-state index contributed by atoms with van der Waals surface area (Å²) >= 11 is 6.13. The summed E-state index contributed by atoms with van der Waals surface area (Å²) in [5.41, 5.74) is 3.57. The van der Waals surface area contributed by atoms with Gasteiger partial charge in [0.2, 0.25) is 0 Å². The van der Waals surface area contributed by atoms with Crippen molar-refractivity contribution in [2.75, 3.05) is 0 Å². The van der Waals surface area contributed by atoms with Crippen LogP contribution < -0.4 is 16.0 Å². The molecule has 1 amide bonds. The molecule has 3 N–H and O–H groups in total. The number of carbonyl (C=O) groups excluding carboxylic acids is 1. The van der Waals surface area contributed by atoms with Crippen LogP contribution in [0.15, 0.2) is 48.5 Å². The summed E-state index contributed by atoms with van der Waals surface area (Å²) in [6.45, 7) is 0.283. The van der Waals surface area contributed by atoms with E-state index in [-0.39, 0.29) is 12.4 Å². The lowest BCUT2D eigenvalue weighted by atomic mass is 10.2. The summed E-state index contributed by atoms with van der Waals surface area (Å²) in [6.07, 6.45) is 2.88. The third-order valence-electron chi connectivity index (χ3n) is 2.83. The zero-order chi connectivity index (χ0) is 15.9. The maximum atomic E-state index is 12.8. The van der Waals surface area contributed by atoms with Gasteiger partial charge in [0.25, 0.3) is 5.91 Å². The fraction of sp³-hybridized carbons (Fsp3) is 0.0625. The lowest BCUT2D eigenvalue weighted by Crippen LogP contribution is -2.27. The quantitative estimate of drug-likeness (QED) is 0.385. The predicted molar refractivity (Wildman–Crippen MR) is 83.5 cm³/mol. The number of carbonyl (C=O) groups is 1. The van der Waals surface area contributed by atoms with Crippen LogP contribution in [0.3, 0.4) is 0 Å². The Morgan fingerprint density at radius 3 is 2.64 bits per heavy atom. The van der Waals surface area contributed by atoms with Gasteiger partial charge < -0.3 is 4.74 Å². The number of halogens is 2. The molecule has 0 aliphatic rings. The van der Waals surface area contributed by atoms with E-state index in [1.807, 2.05) is 5.43 Å². The molecule has 0 saturated carbocycles. The molecule has 0 saturated heterocycles. The lowest BCUT2D eigenvalue weighted by Gasteiger charge is -2.08. The molecule has 2 aromatic rings. The molecular formula is C16H14ClFN2O2. The van der Waals surface area contributed by atoms with Gasteiger partial charge in [-0.15, -0.1) is 0 Å². The van der Waals surface area contributed by atoms with Crippen LogP contribution in [0.2, 0.25) is 5.02 Å². The molecule has 0 bridgehead atoms. The average Bonchev–Trinajstić information content (AvgIpc) is 2.53. The van der Waals surface area contributed by atoms with Gasteiger partial charge in [-0.1, -0.05) is 29.8 Å². The minimum Gasteiger partial charge on any atom is -0.487 e. The largest absolute Gasteiger partial charge is 0.487 e. The van der Waals surface area contributed by atoms with E-state index in [0.29, 0.717) is 10.8 Å². The first-order chi connectivity index (χ1) is 10.6. The van der Waals surface area contributed by atoms with E-state index >= 15 is 0 Å². The first-order valence-corrected chi connectivity index (χ1v) is 6.82. The van der Waals surface area contributed by atoms with E-state index in [0.717, 1.165) is 11.1 Å². The van der Waals surface area contributed by atoms with Gasteiger partial charge in [-0.3, -0.25) is 10.2 Å². The molecule has 0 heterocycles. The predicted octanol–water partition coefficient (Wildman–Crippen LogP) is 3.06. The highest BCUT2D eigenvalue weighted by atomic mass is 35.5. The molecule has 0 aromatic heterocycles. The van der Waals surface area contributed by atoms with Crippen LogP contribution >= 0.6 is 11.6 Å². The third kappa shape index (κ3) is 4.58. The second-order valence-corrected chi connectivity index (χ2v) is 4.85. The Hall–Kier alpha value is -2.37. The maximum absolute atomic E-state index is 12.8. The zero-order valence-electron chi connectivity index (χ0n) is 11.6. The van der Waals surface area contributed by atoms with Crippen molar-refractivity contribution in [2.45, 2.75) is 6.61 Å². The molecule has 114 valence electrons. The summed E-state index contributed by atoms with van der Waals surface area (Å²) in [6, 6.07) is 11.2. The minimum atomic E-state index is -0.409. The van der Waals surface area contributed by atoms with E-state index in [9.17, 15) is 9.18 Å². The van der Waals surface area contributed by atoms with Crippen molar-refractivity contribution >= 4 is 23.6 Å². The molecule has 0 aliphatic heterocycles. The minimum absolute atomic E-state index is 0.283. The molecule has 0 radical (unpaired) electrons. The molecular weight excluding hydrogens is 307 g/mol. The van der Waals surface area contributed by atoms with Crippen LogP contribution in [0.1, 0.15) is 11.1 Å². The molecule has 2 rings (SSSR count). The van der Waals surface area contributed by atoms with Crippen LogP contribution in [0.4, 0.5) is 4.39 Å². The van der Waals surface area contributed by atoms with Gasteiger partial charge in [-0.05, 0) is 41.5 Å². The summed E-state index contributed by atoms with van der Waals surface area (Å²) < 4.78 is 18.4. The highest BCUT2D eigenvalue weighted by Gasteiger charge is 2.03. The number of ether oxygens (including phenoxy) is 1. The Morgan fingerprint density at radius 2 is 2.00 bits per heavy atom. The molecule has 22 heavy (non-hydrogen) atoms. The number of nitrogens with one attached hydrogen (secondary N) is 1. The number of hydrogen-bond donors (Lipinski definition) is 2. The number of rotatable bonds is 5. The number of amides is 1. The molecule has 2 aromatic carbocycles. The molecule has 0 fully saturated rings. The number of hydrazine groups is 1. The third-order valence-corrected chi connectivity index (χ3v) is 3.13. The first kappa shape index (κ1) is 16.0.